The van der Waals surface area contributed by atoms with Crippen molar-refractivity contribution >= 4 is 16.0 Å². The first-order valence-corrected chi connectivity index (χ1v) is 9.57. The number of sulfonamides is 1. The molecule has 0 bridgehead atoms. The number of nitrogens with one attached hydrogen (secondary N) is 1. The maximum absolute atomic E-state index is 12.6. The fraction of sp³-hybridized carbons (Fsp3) is 0.316. The van der Waals surface area contributed by atoms with Crippen LogP contribution in [-0.4, -0.2) is 27.5 Å². The molecule has 0 aliphatic rings. The normalized spacial score (nSPS) is 12.6. The van der Waals surface area contributed by atoms with Crippen molar-refractivity contribution in [3.05, 3.63) is 65.2 Å². The van der Waals surface area contributed by atoms with Crippen molar-refractivity contribution in [2.75, 3.05) is 7.11 Å². The van der Waals surface area contributed by atoms with Gasteiger partial charge in [0.25, 0.3) is 0 Å². The van der Waals surface area contributed by atoms with E-state index in [0.29, 0.717) is 12.0 Å². The second-order valence-corrected chi connectivity index (χ2v) is 7.73. The van der Waals surface area contributed by atoms with Crippen LogP contribution in [0, 0.1) is 6.92 Å². The molecule has 0 saturated carbocycles. The molecule has 0 aliphatic carbocycles. The zero-order valence-electron chi connectivity index (χ0n) is 14.7. The van der Waals surface area contributed by atoms with E-state index in [1.54, 1.807) is 13.0 Å². The van der Waals surface area contributed by atoms with Crippen molar-refractivity contribution in [1.29, 1.82) is 0 Å². The Morgan fingerprint density at radius 2 is 1.84 bits per heavy atom. The average Bonchev–Trinajstić information content (AvgIpc) is 2.60. The molecule has 1 atom stereocenters. The Kier molecular flexibility index (Phi) is 6.33. The minimum atomic E-state index is -3.70. The first kappa shape index (κ1) is 19.1. The Morgan fingerprint density at radius 3 is 2.48 bits per heavy atom. The Bertz CT molecular complexity index is 832. The summed E-state index contributed by atoms with van der Waals surface area (Å²) >= 11 is 0. The van der Waals surface area contributed by atoms with Crippen molar-refractivity contribution in [2.24, 2.45) is 0 Å². The molecule has 0 heterocycles. The van der Waals surface area contributed by atoms with E-state index in [-0.39, 0.29) is 16.5 Å². The van der Waals surface area contributed by atoms with E-state index in [0.717, 1.165) is 12.0 Å². The number of carbonyl (C=O) groups excluding carboxylic acids is 1. The predicted octanol–water partition coefficient (Wildman–Crippen LogP) is 3.08. The highest BCUT2D eigenvalue weighted by atomic mass is 32.2. The number of esters is 1. The minimum Gasteiger partial charge on any atom is -0.465 e. The van der Waals surface area contributed by atoms with E-state index in [4.69, 9.17) is 4.74 Å². The molecular weight excluding hydrogens is 338 g/mol. The molecule has 0 fully saturated rings. The van der Waals surface area contributed by atoms with Crippen LogP contribution in [0.4, 0.5) is 0 Å². The van der Waals surface area contributed by atoms with Crippen molar-refractivity contribution in [1.82, 2.24) is 4.72 Å². The molecule has 0 spiro atoms. The summed E-state index contributed by atoms with van der Waals surface area (Å²) in [5.74, 6) is -0.549. The molecule has 134 valence electrons. The molecule has 25 heavy (non-hydrogen) atoms. The Balaban J connectivity index is 2.09. The number of aryl methyl sites for hydroxylation is 2. The highest BCUT2D eigenvalue weighted by molar-refractivity contribution is 7.89. The molecule has 0 saturated heterocycles. The summed E-state index contributed by atoms with van der Waals surface area (Å²) in [5.41, 5.74) is 2.09. The van der Waals surface area contributed by atoms with Crippen molar-refractivity contribution < 1.29 is 17.9 Å². The summed E-state index contributed by atoms with van der Waals surface area (Å²) < 4.78 is 32.5. The largest absolute Gasteiger partial charge is 0.465 e. The third-order valence-electron chi connectivity index (χ3n) is 3.99. The van der Waals surface area contributed by atoms with Gasteiger partial charge in [-0.15, -0.1) is 0 Å². The number of ether oxygens (including phenoxy) is 1. The quantitative estimate of drug-likeness (QED) is 0.769. The fourth-order valence-corrected chi connectivity index (χ4v) is 3.82. The zero-order valence-corrected chi connectivity index (χ0v) is 15.5. The van der Waals surface area contributed by atoms with Gasteiger partial charge in [-0.05, 0) is 49.9 Å². The monoisotopic (exact) mass is 361 g/mol. The molecule has 5 nitrogen and oxygen atoms in total. The Labute approximate surface area is 149 Å². The van der Waals surface area contributed by atoms with Crippen LogP contribution in [0.5, 0.6) is 0 Å². The molecule has 0 aliphatic heterocycles. The number of hydrogen-bond acceptors (Lipinski definition) is 4. The number of methoxy groups -OCH3 is 1. The predicted molar refractivity (Wildman–Crippen MR) is 97.1 cm³/mol. The summed E-state index contributed by atoms with van der Waals surface area (Å²) in [7, 11) is -2.43. The molecule has 6 heteroatoms. The van der Waals surface area contributed by atoms with Crippen LogP contribution >= 0.6 is 0 Å². The molecule has 2 aromatic carbocycles. The maximum Gasteiger partial charge on any atom is 0.338 e. The lowest BCUT2D eigenvalue weighted by atomic mass is 10.1. The SMILES string of the molecule is COC(=O)c1cc(S(=O)(=O)N[C@H](C)CCc2ccccc2)ccc1C. The molecular formula is C19H23NO4S. The summed E-state index contributed by atoms with van der Waals surface area (Å²) in [4.78, 5) is 11.8. The van der Waals surface area contributed by atoms with Crippen LogP contribution in [0.15, 0.2) is 53.4 Å². The summed E-state index contributed by atoms with van der Waals surface area (Å²) in [6, 6.07) is 14.1. The van der Waals surface area contributed by atoms with Crippen molar-refractivity contribution in [2.45, 2.75) is 37.6 Å². The second kappa shape index (κ2) is 8.27. The highest BCUT2D eigenvalue weighted by Gasteiger charge is 2.20. The Morgan fingerprint density at radius 1 is 1.16 bits per heavy atom. The molecule has 0 amide bonds. The van der Waals surface area contributed by atoms with E-state index in [1.165, 1.54) is 19.2 Å². The van der Waals surface area contributed by atoms with E-state index >= 15 is 0 Å². The third-order valence-corrected chi connectivity index (χ3v) is 5.58. The minimum absolute atomic E-state index is 0.0602. The number of benzene rings is 2. The maximum atomic E-state index is 12.6. The Hall–Kier alpha value is -2.18. The third kappa shape index (κ3) is 5.14. The van der Waals surface area contributed by atoms with E-state index < -0.39 is 16.0 Å². The van der Waals surface area contributed by atoms with Gasteiger partial charge in [0.05, 0.1) is 17.6 Å². The summed E-state index contributed by atoms with van der Waals surface area (Å²) in [6.45, 7) is 3.56. The van der Waals surface area contributed by atoms with Gasteiger partial charge in [-0.2, -0.15) is 0 Å². The summed E-state index contributed by atoms with van der Waals surface area (Å²) in [6.07, 6.45) is 1.46. The van der Waals surface area contributed by atoms with Gasteiger partial charge in [-0.3, -0.25) is 0 Å². The van der Waals surface area contributed by atoms with Gasteiger partial charge in [-0.25, -0.2) is 17.9 Å². The van der Waals surface area contributed by atoms with Gasteiger partial charge in [-0.1, -0.05) is 36.4 Å². The van der Waals surface area contributed by atoms with Crippen LogP contribution in [0.3, 0.4) is 0 Å². The van der Waals surface area contributed by atoms with Crippen LogP contribution in [0.2, 0.25) is 0 Å². The van der Waals surface area contributed by atoms with Gasteiger partial charge in [0.2, 0.25) is 10.0 Å². The van der Waals surface area contributed by atoms with Crippen LogP contribution < -0.4 is 4.72 Å². The standard InChI is InChI=1S/C19H23NO4S/c1-14-9-12-17(13-18(14)19(21)24-3)25(22,23)20-15(2)10-11-16-7-5-4-6-8-16/h4-9,12-13,15,20H,10-11H2,1-3H3/t15-/m1/s1. The molecule has 0 aromatic heterocycles. The fourth-order valence-electron chi connectivity index (χ4n) is 2.52. The average molecular weight is 361 g/mol. The number of carbonyl (C=O) groups is 1. The van der Waals surface area contributed by atoms with Crippen LogP contribution in [-0.2, 0) is 21.2 Å². The molecule has 2 aromatic rings. The summed E-state index contributed by atoms with van der Waals surface area (Å²) in [5, 5.41) is 0. The van der Waals surface area contributed by atoms with Crippen LogP contribution in [0.1, 0.15) is 34.8 Å². The van der Waals surface area contributed by atoms with Gasteiger partial charge >= 0.3 is 5.97 Å². The van der Waals surface area contributed by atoms with Crippen molar-refractivity contribution in [3.63, 3.8) is 0 Å². The van der Waals surface area contributed by atoms with Crippen molar-refractivity contribution in [3.8, 4) is 0 Å². The van der Waals surface area contributed by atoms with Gasteiger partial charge in [0.15, 0.2) is 0 Å². The highest BCUT2D eigenvalue weighted by Crippen LogP contribution is 2.17. The smallest absolute Gasteiger partial charge is 0.338 e. The number of rotatable bonds is 7. The molecule has 0 radical (unpaired) electrons. The van der Waals surface area contributed by atoms with E-state index in [9.17, 15) is 13.2 Å². The lowest BCUT2D eigenvalue weighted by Gasteiger charge is -2.15. The molecule has 1 N–H and O–H groups in total. The van der Waals surface area contributed by atoms with Crippen LogP contribution in [0.25, 0.3) is 0 Å². The number of hydrogen-bond donors (Lipinski definition) is 1. The first-order chi connectivity index (χ1) is 11.8. The zero-order chi connectivity index (χ0) is 18.4. The van der Waals surface area contributed by atoms with Gasteiger partial charge in [0, 0.05) is 6.04 Å². The molecule has 2 rings (SSSR count). The lowest BCUT2D eigenvalue weighted by molar-refractivity contribution is 0.0599. The van der Waals surface area contributed by atoms with E-state index in [2.05, 4.69) is 4.72 Å². The van der Waals surface area contributed by atoms with E-state index in [1.807, 2.05) is 37.3 Å². The first-order valence-electron chi connectivity index (χ1n) is 8.08. The second-order valence-electron chi connectivity index (χ2n) is 6.01. The van der Waals surface area contributed by atoms with Gasteiger partial charge in [0.1, 0.15) is 0 Å². The molecule has 0 unspecified atom stereocenters. The van der Waals surface area contributed by atoms with Gasteiger partial charge < -0.3 is 4.74 Å². The topological polar surface area (TPSA) is 72.5 Å². The lowest BCUT2D eigenvalue weighted by Crippen LogP contribution is -2.33.